The van der Waals surface area contributed by atoms with Gasteiger partial charge in [0.1, 0.15) is 5.82 Å². The van der Waals surface area contributed by atoms with Crippen molar-refractivity contribution in [1.29, 1.82) is 0 Å². The smallest absolute Gasteiger partial charge is 0.257 e. The van der Waals surface area contributed by atoms with E-state index in [0.29, 0.717) is 17.3 Å². The fraction of sp³-hybridized carbons (Fsp3) is 0.688. The summed E-state index contributed by atoms with van der Waals surface area (Å²) < 4.78 is 0. The van der Waals surface area contributed by atoms with Gasteiger partial charge in [-0.1, -0.05) is 13.8 Å². The number of aromatic nitrogens is 2. The summed E-state index contributed by atoms with van der Waals surface area (Å²) in [7, 11) is 0. The minimum Gasteiger partial charge on any atom is -0.338 e. The molecule has 2 rings (SSSR count). The van der Waals surface area contributed by atoms with Gasteiger partial charge >= 0.3 is 0 Å². The van der Waals surface area contributed by atoms with Gasteiger partial charge in [-0.25, -0.2) is 9.97 Å². The van der Waals surface area contributed by atoms with Crippen LogP contribution in [0.4, 0.5) is 0 Å². The zero-order valence-corrected chi connectivity index (χ0v) is 14.7. The number of likely N-dealkylation sites (tertiary alicyclic amines) is 1. The van der Waals surface area contributed by atoms with Crippen molar-refractivity contribution in [1.82, 2.24) is 14.9 Å². The van der Waals surface area contributed by atoms with Gasteiger partial charge in [0, 0.05) is 25.3 Å². The van der Waals surface area contributed by atoms with E-state index >= 15 is 0 Å². The summed E-state index contributed by atoms with van der Waals surface area (Å²) >= 11 is 0. The number of nitrogens with zero attached hydrogens (tertiary/aromatic N) is 3. The summed E-state index contributed by atoms with van der Waals surface area (Å²) in [4.78, 5) is 23.4. The topological polar surface area (TPSA) is 72.1 Å². The van der Waals surface area contributed by atoms with E-state index in [-0.39, 0.29) is 30.3 Å². The maximum Gasteiger partial charge on any atom is 0.257 e. The van der Waals surface area contributed by atoms with Crippen molar-refractivity contribution in [3.8, 4) is 0 Å². The van der Waals surface area contributed by atoms with Crippen LogP contribution in [0.3, 0.4) is 0 Å². The van der Waals surface area contributed by atoms with Crippen molar-refractivity contribution in [2.45, 2.75) is 52.5 Å². The van der Waals surface area contributed by atoms with Crippen LogP contribution in [-0.2, 0) is 0 Å². The van der Waals surface area contributed by atoms with E-state index in [2.05, 4.69) is 23.8 Å². The van der Waals surface area contributed by atoms with E-state index < -0.39 is 0 Å². The maximum absolute atomic E-state index is 12.8. The lowest BCUT2D eigenvalue weighted by atomic mass is 9.91. The Morgan fingerprint density at radius 2 is 2.09 bits per heavy atom. The second-order valence-corrected chi connectivity index (χ2v) is 6.38. The van der Waals surface area contributed by atoms with Crippen LogP contribution in [0.1, 0.15) is 61.4 Å². The first-order valence-corrected chi connectivity index (χ1v) is 7.78. The maximum atomic E-state index is 12.8. The predicted molar refractivity (Wildman–Crippen MR) is 90.4 cm³/mol. The molecule has 0 saturated carbocycles. The van der Waals surface area contributed by atoms with Crippen molar-refractivity contribution in [3.63, 3.8) is 0 Å². The van der Waals surface area contributed by atoms with Crippen LogP contribution in [0.5, 0.6) is 0 Å². The molecule has 1 saturated heterocycles. The normalized spacial score (nSPS) is 19.7. The molecule has 2 atom stereocenters. The highest BCUT2D eigenvalue weighted by Crippen LogP contribution is 2.23. The average molecular weight is 327 g/mol. The number of hydrogen-bond donors (Lipinski definition) is 1. The first-order valence-electron chi connectivity index (χ1n) is 7.78. The molecule has 1 fully saturated rings. The van der Waals surface area contributed by atoms with Crippen molar-refractivity contribution in [3.05, 3.63) is 23.3 Å². The minimum atomic E-state index is 0. The summed E-state index contributed by atoms with van der Waals surface area (Å²) in [6.45, 7) is 9.52. The molecule has 1 aromatic rings. The van der Waals surface area contributed by atoms with E-state index in [4.69, 9.17) is 5.73 Å². The molecule has 2 N–H and O–H groups in total. The molecule has 22 heavy (non-hydrogen) atoms. The van der Waals surface area contributed by atoms with Crippen molar-refractivity contribution in [2.24, 2.45) is 11.7 Å². The Kier molecular flexibility index (Phi) is 6.75. The molecule has 0 aromatic carbocycles. The van der Waals surface area contributed by atoms with Gasteiger partial charge in [-0.05, 0) is 38.5 Å². The molecule has 1 amide bonds. The highest BCUT2D eigenvalue weighted by Gasteiger charge is 2.28. The van der Waals surface area contributed by atoms with Crippen LogP contribution in [0.2, 0.25) is 0 Å². The minimum absolute atomic E-state index is 0. The molecule has 5 nitrogen and oxygen atoms in total. The van der Waals surface area contributed by atoms with Gasteiger partial charge in [0.15, 0.2) is 0 Å². The van der Waals surface area contributed by atoms with Crippen LogP contribution >= 0.6 is 12.4 Å². The Morgan fingerprint density at radius 1 is 1.41 bits per heavy atom. The molecular formula is C16H27ClN4O. The third kappa shape index (κ3) is 4.17. The average Bonchev–Trinajstić information content (AvgIpc) is 2.46. The van der Waals surface area contributed by atoms with Gasteiger partial charge in [0.05, 0.1) is 11.3 Å². The van der Waals surface area contributed by atoms with Crippen LogP contribution in [0, 0.1) is 12.8 Å². The third-order valence-corrected chi connectivity index (χ3v) is 4.20. The van der Waals surface area contributed by atoms with Gasteiger partial charge in [0.2, 0.25) is 0 Å². The highest BCUT2D eigenvalue weighted by atomic mass is 35.5. The molecule has 1 aliphatic rings. The van der Waals surface area contributed by atoms with Gasteiger partial charge in [0.25, 0.3) is 5.91 Å². The number of piperidine rings is 1. The predicted octanol–water partition coefficient (Wildman–Crippen LogP) is 2.53. The number of carbonyl (C=O) groups is 1. The molecule has 0 aliphatic carbocycles. The quantitative estimate of drug-likeness (QED) is 0.926. The van der Waals surface area contributed by atoms with Crippen LogP contribution in [-0.4, -0.2) is 39.9 Å². The fourth-order valence-corrected chi connectivity index (χ4v) is 2.89. The lowest BCUT2D eigenvalue weighted by Crippen LogP contribution is -2.45. The standard InChI is InChI=1S/C16H26N4O.ClH/c1-10(2)15-14(8-18-12(4)19-15)16(21)20-7-5-6-13(9-20)11(3)17;/h8,10-11,13H,5-7,9,17H2,1-4H3;1H. The van der Waals surface area contributed by atoms with Crippen molar-refractivity contribution >= 4 is 18.3 Å². The number of rotatable bonds is 3. The molecule has 0 bridgehead atoms. The molecule has 1 aromatic heterocycles. The van der Waals surface area contributed by atoms with Crippen LogP contribution < -0.4 is 5.73 Å². The van der Waals surface area contributed by atoms with E-state index in [1.807, 2.05) is 18.7 Å². The Bertz CT molecular complexity index is 519. The molecule has 6 heteroatoms. The number of halogens is 1. The molecule has 2 unspecified atom stereocenters. The Balaban J connectivity index is 0.00000242. The third-order valence-electron chi connectivity index (χ3n) is 4.20. The number of nitrogens with two attached hydrogens (primary N) is 1. The number of aryl methyl sites for hydroxylation is 1. The van der Waals surface area contributed by atoms with Gasteiger partial charge in [-0.15, -0.1) is 12.4 Å². The number of carbonyl (C=O) groups excluding carboxylic acids is 1. The monoisotopic (exact) mass is 326 g/mol. The Hall–Kier alpha value is -1.20. The second kappa shape index (κ2) is 7.88. The van der Waals surface area contributed by atoms with E-state index in [1.54, 1.807) is 6.20 Å². The lowest BCUT2D eigenvalue weighted by Gasteiger charge is -2.35. The molecule has 2 heterocycles. The van der Waals surface area contributed by atoms with Gasteiger partial charge < -0.3 is 10.6 Å². The molecule has 124 valence electrons. The SMILES string of the molecule is Cc1ncc(C(=O)N2CCCC(C(C)N)C2)c(C(C)C)n1.Cl. The fourth-order valence-electron chi connectivity index (χ4n) is 2.89. The zero-order valence-electron chi connectivity index (χ0n) is 13.9. The van der Waals surface area contributed by atoms with Crippen molar-refractivity contribution in [2.75, 3.05) is 13.1 Å². The first-order chi connectivity index (χ1) is 9.90. The summed E-state index contributed by atoms with van der Waals surface area (Å²) in [5, 5.41) is 0. The molecule has 0 radical (unpaired) electrons. The van der Waals surface area contributed by atoms with Gasteiger partial charge in [-0.2, -0.15) is 0 Å². The molecule has 0 spiro atoms. The highest BCUT2D eigenvalue weighted by molar-refractivity contribution is 5.95. The number of hydrogen-bond acceptors (Lipinski definition) is 4. The number of amides is 1. The molecular weight excluding hydrogens is 300 g/mol. The lowest BCUT2D eigenvalue weighted by molar-refractivity contribution is 0.0658. The van der Waals surface area contributed by atoms with Crippen LogP contribution in [0.15, 0.2) is 6.20 Å². The van der Waals surface area contributed by atoms with E-state index in [1.165, 1.54) is 0 Å². The second-order valence-electron chi connectivity index (χ2n) is 6.38. The van der Waals surface area contributed by atoms with Crippen LogP contribution in [0.25, 0.3) is 0 Å². The summed E-state index contributed by atoms with van der Waals surface area (Å²) in [5.41, 5.74) is 7.49. The summed E-state index contributed by atoms with van der Waals surface area (Å²) in [6.07, 6.45) is 3.79. The summed E-state index contributed by atoms with van der Waals surface area (Å²) in [5.74, 6) is 1.35. The van der Waals surface area contributed by atoms with Crippen molar-refractivity contribution < 1.29 is 4.79 Å². The van der Waals surface area contributed by atoms with E-state index in [9.17, 15) is 4.79 Å². The zero-order chi connectivity index (χ0) is 15.6. The Labute approximate surface area is 139 Å². The Morgan fingerprint density at radius 3 is 2.68 bits per heavy atom. The largest absolute Gasteiger partial charge is 0.338 e. The summed E-state index contributed by atoms with van der Waals surface area (Å²) in [6, 6.07) is 0.124. The molecule has 1 aliphatic heterocycles. The van der Waals surface area contributed by atoms with E-state index in [0.717, 1.165) is 31.6 Å². The van der Waals surface area contributed by atoms with Gasteiger partial charge in [-0.3, -0.25) is 4.79 Å². The first kappa shape index (κ1) is 18.8.